The fraction of sp³-hybridized carbons (Fsp3) is 0.276. The first kappa shape index (κ1) is 22.5. The molecule has 1 heterocycles. The van der Waals surface area contributed by atoms with Gasteiger partial charge in [-0.05, 0) is 59.2 Å². The zero-order valence-corrected chi connectivity index (χ0v) is 19.8. The average Bonchev–Trinajstić information content (AvgIpc) is 3.11. The summed E-state index contributed by atoms with van der Waals surface area (Å²) in [6.07, 6.45) is 0.935. The van der Waals surface area contributed by atoms with Gasteiger partial charge in [0.05, 0.1) is 0 Å². The molecule has 0 radical (unpaired) electrons. The van der Waals surface area contributed by atoms with Crippen molar-refractivity contribution in [3.63, 3.8) is 0 Å². The number of urea groups is 1. The van der Waals surface area contributed by atoms with Crippen molar-refractivity contribution < 1.29 is 18.8 Å². The molecule has 2 atom stereocenters. The Balaban J connectivity index is 1.16. The van der Waals surface area contributed by atoms with E-state index in [0.29, 0.717) is 18.0 Å². The van der Waals surface area contributed by atoms with Crippen molar-refractivity contribution >= 4 is 17.8 Å². The molecule has 7 heteroatoms. The SMILES string of the molecule is CC1(c2ccc(F)cc2)NC(=O)N(CC(=O)NCC2CC3c4ccccc4C2c2ccccc23)C1=O. The minimum Gasteiger partial charge on any atom is -0.354 e. The van der Waals surface area contributed by atoms with Crippen LogP contribution in [0.25, 0.3) is 0 Å². The summed E-state index contributed by atoms with van der Waals surface area (Å²) in [6, 6.07) is 21.8. The number of fused-ring (bicyclic) bond motifs is 1. The van der Waals surface area contributed by atoms with Crippen molar-refractivity contribution in [2.45, 2.75) is 30.7 Å². The van der Waals surface area contributed by atoms with E-state index in [1.165, 1.54) is 46.5 Å². The van der Waals surface area contributed by atoms with Crippen LogP contribution in [0.1, 0.15) is 53.0 Å². The number of halogens is 1. The van der Waals surface area contributed by atoms with Crippen molar-refractivity contribution in [2.75, 3.05) is 13.1 Å². The molecule has 2 unspecified atom stereocenters. The van der Waals surface area contributed by atoms with Gasteiger partial charge in [-0.15, -0.1) is 0 Å². The Morgan fingerprint density at radius 2 is 1.56 bits per heavy atom. The van der Waals surface area contributed by atoms with Crippen LogP contribution in [0.2, 0.25) is 0 Å². The molecule has 2 N–H and O–H groups in total. The molecule has 3 aliphatic carbocycles. The molecule has 1 fully saturated rings. The number of nitrogens with zero attached hydrogens (tertiary/aromatic N) is 1. The van der Waals surface area contributed by atoms with Crippen LogP contribution in [0.3, 0.4) is 0 Å². The summed E-state index contributed by atoms with van der Waals surface area (Å²) in [6.45, 7) is 1.66. The highest BCUT2D eigenvalue weighted by atomic mass is 19.1. The van der Waals surface area contributed by atoms with Gasteiger partial charge in [-0.3, -0.25) is 14.5 Å². The lowest BCUT2D eigenvalue weighted by Crippen LogP contribution is -2.45. The molecule has 3 aromatic rings. The Bertz CT molecular complexity index is 1340. The summed E-state index contributed by atoms with van der Waals surface area (Å²) in [5.41, 5.74) is 4.47. The van der Waals surface area contributed by atoms with E-state index in [-0.39, 0.29) is 24.3 Å². The maximum atomic E-state index is 13.3. The summed E-state index contributed by atoms with van der Waals surface area (Å²) >= 11 is 0. The molecular formula is C29H26FN3O3. The van der Waals surface area contributed by atoms with Crippen molar-refractivity contribution in [1.29, 1.82) is 0 Å². The summed E-state index contributed by atoms with van der Waals surface area (Å²) in [7, 11) is 0. The van der Waals surface area contributed by atoms with E-state index in [1.54, 1.807) is 6.92 Å². The highest BCUT2D eigenvalue weighted by Crippen LogP contribution is 2.55. The van der Waals surface area contributed by atoms with E-state index < -0.39 is 23.3 Å². The first-order valence-corrected chi connectivity index (χ1v) is 12.2. The minimum absolute atomic E-state index is 0.196. The average molecular weight is 484 g/mol. The van der Waals surface area contributed by atoms with Gasteiger partial charge in [-0.25, -0.2) is 9.18 Å². The van der Waals surface area contributed by atoms with Gasteiger partial charge < -0.3 is 10.6 Å². The Kier molecular flexibility index (Phi) is 5.18. The summed E-state index contributed by atoms with van der Waals surface area (Å²) in [5.74, 6) is -0.639. The Labute approximate surface area is 208 Å². The molecule has 1 aliphatic heterocycles. The van der Waals surface area contributed by atoms with Gasteiger partial charge in [-0.2, -0.15) is 0 Å². The normalized spacial score (nSPS) is 25.8. The lowest BCUT2D eigenvalue weighted by Gasteiger charge is -2.45. The molecule has 0 aromatic heterocycles. The molecule has 1 saturated heterocycles. The van der Waals surface area contributed by atoms with E-state index >= 15 is 0 Å². The monoisotopic (exact) mass is 483 g/mol. The topological polar surface area (TPSA) is 78.5 Å². The lowest BCUT2D eigenvalue weighted by atomic mass is 9.59. The fourth-order valence-corrected chi connectivity index (χ4v) is 6.22. The van der Waals surface area contributed by atoms with Gasteiger partial charge >= 0.3 is 6.03 Å². The molecule has 4 aliphatic rings. The van der Waals surface area contributed by atoms with Gasteiger partial charge in [0.15, 0.2) is 0 Å². The molecule has 0 spiro atoms. The van der Waals surface area contributed by atoms with Gasteiger partial charge in [0.25, 0.3) is 5.91 Å². The highest BCUT2D eigenvalue weighted by molar-refractivity contribution is 6.09. The number of nitrogens with one attached hydrogen (secondary N) is 2. The summed E-state index contributed by atoms with van der Waals surface area (Å²) in [4.78, 5) is 39.5. The van der Waals surface area contributed by atoms with Gasteiger partial charge in [0.1, 0.15) is 17.9 Å². The van der Waals surface area contributed by atoms with E-state index in [2.05, 4.69) is 59.2 Å². The third-order valence-corrected chi connectivity index (χ3v) is 7.98. The Morgan fingerprint density at radius 1 is 0.972 bits per heavy atom. The molecule has 2 bridgehead atoms. The van der Waals surface area contributed by atoms with Crippen LogP contribution >= 0.6 is 0 Å². The van der Waals surface area contributed by atoms with Crippen LogP contribution in [0, 0.1) is 11.7 Å². The molecule has 4 amide bonds. The summed E-state index contributed by atoms with van der Waals surface area (Å²) < 4.78 is 13.3. The second-order valence-corrected chi connectivity index (χ2v) is 10.0. The van der Waals surface area contributed by atoms with E-state index in [9.17, 15) is 18.8 Å². The molecular weight excluding hydrogens is 457 g/mol. The Morgan fingerprint density at radius 3 is 2.17 bits per heavy atom. The minimum atomic E-state index is -1.35. The van der Waals surface area contributed by atoms with Crippen LogP contribution in [-0.4, -0.2) is 35.8 Å². The second-order valence-electron chi connectivity index (χ2n) is 10.0. The number of amides is 4. The summed E-state index contributed by atoms with van der Waals surface area (Å²) in [5, 5.41) is 5.63. The lowest BCUT2D eigenvalue weighted by molar-refractivity contribution is -0.134. The van der Waals surface area contributed by atoms with Crippen LogP contribution < -0.4 is 10.6 Å². The predicted octanol–water partition coefficient (Wildman–Crippen LogP) is 4.01. The maximum Gasteiger partial charge on any atom is 0.325 e. The van der Waals surface area contributed by atoms with Crippen LogP contribution in [0.4, 0.5) is 9.18 Å². The van der Waals surface area contributed by atoms with E-state index in [0.717, 1.165) is 11.3 Å². The van der Waals surface area contributed by atoms with E-state index in [4.69, 9.17) is 0 Å². The molecule has 3 aromatic carbocycles. The maximum absolute atomic E-state index is 13.3. The molecule has 6 nitrogen and oxygen atoms in total. The van der Waals surface area contributed by atoms with Gasteiger partial charge in [0.2, 0.25) is 5.91 Å². The largest absolute Gasteiger partial charge is 0.354 e. The van der Waals surface area contributed by atoms with Crippen molar-refractivity contribution in [2.24, 2.45) is 5.92 Å². The quantitative estimate of drug-likeness (QED) is 0.539. The highest BCUT2D eigenvalue weighted by Gasteiger charge is 2.49. The Hall–Kier alpha value is -4.00. The standard InChI is InChI=1S/C29H26FN3O3/c1-29(18-10-12-19(30)13-11-18)27(35)33(28(36)32-29)16-25(34)31-15-17-14-24-20-6-2-4-8-22(20)26(17)23-9-5-3-7-21(23)24/h2-13,17,24,26H,14-16H2,1H3,(H,31,34)(H,32,36). The van der Waals surface area contributed by atoms with Crippen molar-refractivity contribution in [3.05, 3.63) is 106 Å². The molecule has 0 saturated carbocycles. The van der Waals surface area contributed by atoms with Gasteiger partial charge in [0, 0.05) is 18.4 Å². The fourth-order valence-electron chi connectivity index (χ4n) is 6.22. The second kappa shape index (κ2) is 8.29. The number of rotatable bonds is 5. The molecule has 182 valence electrons. The first-order chi connectivity index (χ1) is 17.4. The zero-order chi connectivity index (χ0) is 25.0. The number of carbonyl (C=O) groups is 3. The number of carbonyl (C=O) groups excluding carboxylic acids is 3. The molecule has 7 rings (SSSR count). The number of benzene rings is 3. The number of hydrogen-bond acceptors (Lipinski definition) is 3. The van der Waals surface area contributed by atoms with Crippen molar-refractivity contribution in [3.8, 4) is 0 Å². The third-order valence-electron chi connectivity index (χ3n) is 7.98. The van der Waals surface area contributed by atoms with E-state index in [1.807, 2.05) is 0 Å². The number of imide groups is 1. The molecule has 36 heavy (non-hydrogen) atoms. The van der Waals surface area contributed by atoms with Crippen LogP contribution in [-0.2, 0) is 15.1 Å². The van der Waals surface area contributed by atoms with Crippen molar-refractivity contribution in [1.82, 2.24) is 15.5 Å². The third kappa shape index (κ3) is 3.41. The van der Waals surface area contributed by atoms with Gasteiger partial charge in [-0.1, -0.05) is 60.7 Å². The smallest absolute Gasteiger partial charge is 0.325 e. The van der Waals surface area contributed by atoms with Crippen LogP contribution in [0.5, 0.6) is 0 Å². The van der Waals surface area contributed by atoms with Crippen LogP contribution in [0.15, 0.2) is 72.8 Å². The first-order valence-electron chi connectivity index (χ1n) is 12.2. The predicted molar refractivity (Wildman–Crippen MR) is 132 cm³/mol. The zero-order valence-electron chi connectivity index (χ0n) is 19.8. The number of hydrogen-bond donors (Lipinski definition) is 2.